The highest BCUT2D eigenvalue weighted by molar-refractivity contribution is 5.73. The largest absolute Gasteiger partial charge is 0.255 e. The van der Waals surface area contributed by atoms with E-state index in [2.05, 4.69) is 33.8 Å². The molecule has 6 aromatic heterocycles. The van der Waals surface area contributed by atoms with E-state index in [1.54, 1.807) is 12.4 Å². The normalized spacial score (nSPS) is 11.4. The summed E-state index contributed by atoms with van der Waals surface area (Å²) in [5.41, 5.74) is 11.1. The van der Waals surface area contributed by atoms with Crippen LogP contribution in [0, 0.1) is 13.8 Å². The molecule has 0 aliphatic rings. The third kappa shape index (κ3) is 6.57. The summed E-state index contributed by atoms with van der Waals surface area (Å²) < 4.78 is 0. The highest BCUT2D eigenvalue weighted by Crippen LogP contribution is 2.21. The molecule has 0 aliphatic carbocycles. The second-order valence-electron chi connectivity index (χ2n) is 9.95. The molecule has 0 aromatic carbocycles. The second-order valence-corrected chi connectivity index (χ2v) is 9.95. The monoisotopic (exact) mass is 544 g/mol. The van der Waals surface area contributed by atoms with Crippen LogP contribution in [0.2, 0.25) is 0 Å². The fourth-order valence-electron chi connectivity index (χ4n) is 4.47. The Hall–Kier alpha value is -5.62. The van der Waals surface area contributed by atoms with Crippen molar-refractivity contribution < 1.29 is 0 Å². The predicted molar refractivity (Wildman–Crippen MR) is 170 cm³/mol. The Balaban J connectivity index is 1.19. The Kier molecular flexibility index (Phi) is 7.77. The van der Waals surface area contributed by atoms with Crippen LogP contribution in [0.3, 0.4) is 0 Å². The van der Waals surface area contributed by atoms with Gasteiger partial charge in [0.15, 0.2) is 0 Å². The maximum Gasteiger partial charge on any atom is 0.0893 e. The summed E-state index contributed by atoms with van der Waals surface area (Å²) in [5, 5.41) is 0. The molecular weight excluding hydrogens is 516 g/mol. The second kappa shape index (κ2) is 12.3. The fraction of sp³-hybridized carbons (Fsp3) is 0.0556. The first kappa shape index (κ1) is 26.6. The summed E-state index contributed by atoms with van der Waals surface area (Å²) in [7, 11) is 0. The maximum absolute atomic E-state index is 4.85. The summed E-state index contributed by atoms with van der Waals surface area (Å²) in [6, 6.07) is 28.0. The lowest BCUT2D eigenvalue weighted by Crippen LogP contribution is -1.91. The molecule has 0 bridgehead atoms. The van der Waals surface area contributed by atoms with Gasteiger partial charge in [-0.05, 0) is 121 Å². The topological polar surface area (TPSA) is 77.3 Å². The number of pyridine rings is 6. The van der Waals surface area contributed by atoms with Crippen molar-refractivity contribution in [2.45, 2.75) is 13.8 Å². The van der Waals surface area contributed by atoms with E-state index < -0.39 is 0 Å². The molecule has 0 aliphatic heterocycles. The molecule has 42 heavy (non-hydrogen) atoms. The summed E-state index contributed by atoms with van der Waals surface area (Å²) in [6.07, 6.45) is 15.3. The van der Waals surface area contributed by atoms with Crippen LogP contribution in [0.1, 0.15) is 33.6 Å². The van der Waals surface area contributed by atoms with Gasteiger partial charge in [-0.3, -0.25) is 19.9 Å². The molecule has 0 unspecified atom stereocenters. The molecule has 6 aromatic rings. The van der Waals surface area contributed by atoms with Gasteiger partial charge in [0.05, 0.1) is 45.6 Å². The van der Waals surface area contributed by atoms with Crippen LogP contribution < -0.4 is 0 Å². The lowest BCUT2D eigenvalue weighted by molar-refractivity contribution is 1.22. The van der Waals surface area contributed by atoms with E-state index in [0.29, 0.717) is 0 Å². The highest BCUT2D eigenvalue weighted by atomic mass is 14.8. The average molecular weight is 545 g/mol. The van der Waals surface area contributed by atoms with Gasteiger partial charge in [0.2, 0.25) is 0 Å². The quantitative estimate of drug-likeness (QED) is 0.203. The van der Waals surface area contributed by atoms with Gasteiger partial charge in [0.25, 0.3) is 0 Å². The standard InChI is InChI=1S/C36H28N6/c1-25-13-17-37-33(21-25)35-23-27(15-19-39-35)9-11-29-5-3-7-31(41-29)32-8-4-6-30(42-32)12-10-28-16-20-40-36(24-28)34-22-26(2)14-18-38-34/h3-24H,1-2H3. The molecule has 6 heteroatoms. The first-order chi connectivity index (χ1) is 20.6. The van der Waals surface area contributed by atoms with Crippen molar-refractivity contribution in [3.63, 3.8) is 0 Å². The Morgan fingerprint density at radius 1 is 0.405 bits per heavy atom. The molecule has 0 fully saturated rings. The minimum atomic E-state index is 0.809. The van der Waals surface area contributed by atoms with Gasteiger partial charge >= 0.3 is 0 Å². The Bertz CT molecular complexity index is 1780. The van der Waals surface area contributed by atoms with Gasteiger partial charge in [-0.1, -0.05) is 24.3 Å². The van der Waals surface area contributed by atoms with E-state index in [4.69, 9.17) is 9.97 Å². The van der Waals surface area contributed by atoms with Crippen LogP contribution in [-0.2, 0) is 0 Å². The molecular formula is C36H28N6. The molecule has 0 spiro atoms. The van der Waals surface area contributed by atoms with Gasteiger partial charge in [0.1, 0.15) is 0 Å². The van der Waals surface area contributed by atoms with Gasteiger partial charge in [-0.25, -0.2) is 9.97 Å². The molecule has 0 radical (unpaired) electrons. The molecule has 6 nitrogen and oxygen atoms in total. The lowest BCUT2D eigenvalue weighted by atomic mass is 10.1. The van der Waals surface area contributed by atoms with Crippen LogP contribution in [0.25, 0.3) is 58.5 Å². The minimum Gasteiger partial charge on any atom is -0.255 e. The van der Waals surface area contributed by atoms with E-state index in [-0.39, 0.29) is 0 Å². The van der Waals surface area contributed by atoms with E-state index in [0.717, 1.165) is 67.8 Å². The smallest absolute Gasteiger partial charge is 0.0893 e. The van der Waals surface area contributed by atoms with E-state index >= 15 is 0 Å². The summed E-state index contributed by atoms with van der Waals surface area (Å²) in [4.78, 5) is 27.6. The Labute approximate surface area is 245 Å². The fourth-order valence-corrected chi connectivity index (χ4v) is 4.47. The lowest BCUT2D eigenvalue weighted by Gasteiger charge is -2.04. The summed E-state index contributed by atoms with van der Waals surface area (Å²) in [5.74, 6) is 0. The Morgan fingerprint density at radius 2 is 0.810 bits per heavy atom. The van der Waals surface area contributed by atoms with E-state index in [1.807, 2.05) is 122 Å². The van der Waals surface area contributed by atoms with Gasteiger partial charge in [0, 0.05) is 24.8 Å². The van der Waals surface area contributed by atoms with Crippen molar-refractivity contribution in [1.29, 1.82) is 0 Å². The molecule has 6 heterocycles. The number of rotatable bonds is 7. The SMILES string of the molecule is Cc1ccnc(-c2cc(C=Cc3cccc(-c4cccc(C=Cc5ccnc(-c6cc(C)ccn6)c5)n4)n3)ccn2)c1. The van der Waals surface area contributed by atoms with Gasteiger partial charge in [-0.15, -0.1) is 0 Å². The molecule has 0 saturated heterocycles. The molecule has 0 N–H and O–H groups in total. The minimum absolute atomic E-state index is 0.809. The average Bonchev–Trinajstić information content (AvgIpc) is 3.03. The van der Waals surface area contributed by atoms with Crippen molar-refractivity contribution in [2.75, 3.05) is 0 Å². The third-order valence-electron chi connectivity index (χ3n) is 6.62. The van der Waals surface area contributed by atoms with Crippen molar-refractivity contribution in [2.24, 2.45) is 0 Å². The number of nitrogens with zero attached hydrogens (tertiary/aromatic N) is 6. The van der Waals surface area contributed by atoms with E-state index in [9.17, 15) is 0 Å². The number of aryl methyl sites for hydroxylation is 2. The zero-order chi connectivity index (χ0) is 28.7. The highest BCUT2D eigenvalue weighted by Gasteiger charge is 2.05. The number of hydrogen-bond acceptors (Lipinski definition) is 6. The first-order valence-electron chi connectivity index (χ1n) is 13.7. The van der Waals surface area contributed by atoms with E-state index in [1.165, 1.54) is 0 Å². The Morgan fingerprint density at radius 3 is 1.24 bits per heavy atom. The molecule has 202 valence electrons. The van der Waals surface area contributed by atoms with Gasteiger partial charge < -0.3 is 0 Å². The number of hydrogen-bond donors (Lipinski definition) is 0. The molecule has 0 atom stereocenters. The third-order valence-corrected chi connectivity index (χ3v) is 6.62. The molecule has 6 rings (SSSR count). The van der Waals surface area contributed by atoms with Crippen LogP contribution in [0.4, 0.5) is 0 Å². The van der Waals surface area contributed by atoms with Gasteiger partial charge in [-0.2, -0.15) is 0 Å². The predicted octanol–water partition coefficient (Wildman–Crippen LogP) is 8.02. The maximum atomic E-state index is 4.85. The van der Waals surface area contributed by atoms with Crippen molar-refractivity contribution >= 4 is 24.3 Å². The summed E-state index contributed by atoms with van der Waals surface area (Å²) >= 11 is 0. The van der Waals surface area contributed by atoms with Crippen molar-refractivity contribution in [3.8, 4) is 34.2 Å². The zero-order valence-electron chi connectivity index (χ0n) is 23.4. The van der Waals surface area contributed by atoms with Crippen molar-refractivity contribution in [1.82, 2.24) is 29.9 Å². The summed E-state index contributed by atoms with van der Waals surface area (Å²) in [6.45, 7) is 4.10. The van der Waals surface area contributed by atoms with Crippen LogP contribution in [0.15, 0.2) is 110 Å². The number of aromatic nitrogens is 6. The zero-order valence-corrected chi connectivity index (χ0v) is 23.4. The van der Waals surface area contributed by atoms with Crippen LogP contribution in [-0.4, -0.2) is 29.9 Å². The molecule has 0 saturated carbocycles. The van der Waals surface area contributed by atoms with Crippen molar-refractivity contribution in [3.05, 3.63) is 143 Å². The molecule has 0 amide bonds. The van der Waals surface area contributed by atoms with Crippen LogP contribution >= 0.6 is 0 Å². The first-order valence-corrected chi connectivity index (χ1v) is 13.7. The van der Waals surface area contributed by atoms with Crippen LogP contribution in [0.5, 0.6) is 0 Å².